The van der Waals surface area contributed by atoms with E-state index in [9.17, 15) is 0 Å². The number of halogens is 2. The van der Waals surface area contributed by atoms with E-state index in [1.54, 1.807) is 0 Å². The van der Waals surface area contributed by atoms with Crippen molar-refractivity contribution in [2.24, 2.45) is 14.1 Å². The van der Waals surface area contributed by atoms with Crippen molar-refractivity contribution in [1.29, 1.82) is 0 Å². The van der Waals surface area contributed by atoms with Crippen molar-refractivity contribution < 1.29 is 23.3 Å². The fraction of sp³-hybridized carbons (Fsp3) is 0.238. The number of hydrogen-bond donors (Lipinski definition) is 0. The zero-order chi connectivity index (χ0) is 31.6. The second kappa shape index (κ2) is 15.5. The zero-order valence-electron chi connectivity index (χ0n) is 29.9. The Morgan fingerprint density at radius 1 is 0.521 bits per heavy atom. The van der Waals surface area contributed by atoms with Gasteiger partial charge in [0.15, 0.2) is 0 Å². The van der Waals surface area contributed by atoms with Crippen LogP contribution in [0.5, 0.6) is 0 Å². The first-order valence-corrected chi connectivity index (χ1v) is 19.5. The third-order valence-electron chi connectivity index (χ3n) is 9.27. The summed E-state index contributed by atoms with van der Waals surface area (Å²) in [6.07, 6.45) is 0. The molecule has 0 aliphatic carbocycles. The Morgan fingerprint density at radius 2 is 0.854 bits per heavy atom. The topological polar surface area (TPSA) is 9.86 Å². The first kappa shape index (κ1) is 41.6. The van der Waals surface area contributed by atoms with E-state index < -0.39 is 0 Å². The first-order valence-electron chi connectivity index (χ1n) is 15.3. The molecule has 2 aromatic heterocycles. The molecule has 48 heavy (non-hydrogen) atoms. The molecule has 0 amide bonds. The molecule has 0 atom stereocenters. The van der Waals surface area contributed by atoms with E-state index >= 15 is 0 Å². The molecule has 2 radical (unpaired) electrons. The van der Waals surface area contributed by atoms with Gasteiger partial charge < -0.3 is 24.0 Å². The van der Waals surface area contributed by atoms with Crippen LogP contribution in [0.2, 0.25) is 0 Å². The molecular weight excluding hydrogens is 723 g/mol. The number of aryl methyl sites for hydroxylation is 2. The summed E-state index contributed by atoms with van der Waals surface area (Å²) in [6, 6.07) is 35.8. The average Bonchev–Trinajstić information content (AvgIpc) is 3.72. The van der Waals surface area contributed by atoms with E-state index in [2.05, 4.69) is 169 Å². The molecule has 0 aliphatic rings. The third kappa shape index (κ3) is 7.02. The van der Waals surface area contributed by atoms with Crippen molar-refractivity contribution >= 4 is 96.9 Å². The zero-order valence-corrected chi connectivity index (χ0v) is 35.0. The van der Waals surface area contributed by atoms with Gasteiger partial charge in [-0.1, -0.05) is 88.7 Å². The fourth-order valence-corrected chi connectivity index (χ4v) is 6.76. The first-order chi connectivity index (χ1) is 20.9. The summed E-state index contributed by atoms with van der Waals surface area (Å²) in [5, 5.41) is 10.9. The summed E-state index contributed by atoms with van der Waals surface area (Å²) in [7, 11) is 4.33. The normalized spacial score (nSPS) is 11.2. The van der Waals surface area contributed by atoms with Crippen LogP contribution < -0.4 is 0 Å². The molecule has 2 nitrogen and oxygen atoms in total. The molecule has 0 aliphatic heterocycles. The summed E-state index contributed by atoms with van der Waals surface area (Å²) >= 11 is 1.36. The summed E-state index contributed by atoms with van der Waals surface area (Å²) in [4.78, 5) is 0. The molecule has 0 saturated heterocycles. The van der Waals surface area contributed by atoms with E-state index in [1.807, 2.05) is 0 Å². The van der Waals surface area contributed by atoms with Crippen molar-refractivity contribution in [3.05, 3.63) is 123 Å². The minimum atomic E-state index is 0. The van der Waals surface area contributed by atoms with Crippen LogP contribution in [-0.2, 0) is 48.3 Å². The van der Waals surface area contributed by atoms with Gasteiger partial charge in [-0.25, -0.2) is 0 Å². The summed E-state index contributed by atoms with van der Waals surface area (Å²) in [5.74, 6) is 0. The van der Waals surface area contributed by atoms with Crippen molar-refractivity contribution in [3.8, 4) is 0 Å². The van der Waals surface area contributed by atoms with E-state index in [0.29, 0.717) is 0 Å². The Labute approximate surface area is 316 Å². The van der Waals surface area contributed by atoms with E-state index in [-0.39, 0.29) is 50.5 Å². The third-order valence-corrected chi connectivity index (χ3v) is 9.27. The van der Waals surface area contributed by atoms with Crippen LogP contribution in [0.25, 0.3) is 65.2 Å². The van der Waals surface area contributed by atoms with Crippen molar-refractivity contribution in [2.75, 3.05) is 0 Å². The quantitative estimate of drug-likeness (QED) is 0.107. The van der Waals surface area contributed by atoms with Crippen LogP contribution >= 0.6 is 24.8 Å². The molecule has 0 unspecified atom stereocenters. The Morgan fingerprint density at radius 3 is 1.19 bits per heavy atom. The maximum atomic E-state index is 3.06. The molecule has 252 valence electrons. The van der Waals surface area contributed by atoms with Gasteiger partial charge in [-0.15, -0.1) is 94.9 Å². The van der Waals surface area contributed by atoms with E-state index in [4.69, 9.17) is 0 Å². The molecule has 2 heterocycles. The summed E-state index contributed by atoms with van der Waals surface area (Å²) in [6.45, 7) is 16.7. The molecular formula is C42H48Cl2N2SiZr-4. The summed E-state index contributed by atoms with van der Waals surface area (Å²) in [5.41, 5.74) is 8.45. The van der Waals surface area contributed by atoms with Crippen molar-refractivity contribution in [3.63, 3.8) is 0 Å². The average molecular weight is 771 g/mol. The van der Waals surface area contributed by atoms with Crippen molar-refractivity contribution in [2.45, 2.75) is 52.4 Å². The standard InChI is InChI=1S/2C20H20N.2CH3.2ClH.Si.Zr/c2*1-20(2,3)14-9-10-17-16(12-14)19-15-8-6-5-7-13(15)11-18(19)21(17)4;;;;;;/h2*5-12H,1-4H3;2*1H3;2*1H;;/q4*-1;;;;. The molecule has 0 spiro atoms. The fourth-order valence-electron chi connectivity index (χ4n) is 6.76. The van der Waals surface area contributed by atoms with Crippen LogP contribution in [0.4, 0.5) is 0 Å². The molecule has 8 rings (SSSR count). The number of rotatable bonds is 0. The molecule has 0 bridgehead atoms. The van der Waals surface area contributed by atoms with Gasteiger partial charge in [0.05, 0.1) is 0 Å². The molecule has 0 fully saturated rings. The second-order valence-electron chi connectivity index (χ2n) is 14.1. The Bertz CT molecular complexity index is 2160. The molecule has 6 heteroatoms. The van der Waals surface area contributed by atoms with Crippen LogP contribution in [0.1, 0.15) is 52.7 Å². The van der Waals surface area contributed by atoms with E-state index in [0.717, 1.165) is 0 Å². The number of aromatic nitrogens is 2. The van der Waals surface area contributed by atoms with Gasteiger partial charge in [-0.2, -0.15) is 0 Å². The minimum absolute atomic E-state index is 0. The monoisotopic (exact) mass is 768 g/mol. The molecule has 8 aromatic rings. The van der Waals surface area contributed by atoms with Gasteiger partial charge in [0.1, 0.15) is 0 Å². The van der Waals surface area contributed by atoms with E-state index in [1.165, 1.54) is 99.6 Å². The predicted octanol–water partition coefficient (Wildman–Crippen LogP) is 12.4. The molecule has 0 N–H and O–H groups in total. The van der Waals surface area contributed by atoms with Crippen LogP contribution in [0.15, 0.2) is 97.1 Å². The number of benzene rings is 4. The predicted molar refractivity (Wildman–Crippen MR) is 218 cm³/mol. The van der Waals surface area contributed by atoms with Crippen molar-refractivity contribution in [1.82, 2.24) is 9.13 Å². The van der Waals surface area contributed by atoms with Crippen LogP contribution in [0, 0.1) is 14.9 Å². The van der Waals surface area contributed by atoms with Gasteiger partial charge in [-0.05, 0) is 55.9 Å². The number of hydrogen-bond acceptors (Lipinski definition) is 0. The van der Waals surface area contributed by atoms with Gasteiger partial charge >= 0.3 is 30.2 Å². The second-order valence-corrected chi connectivity index (χ2v) is 14.1. The Hall–Kier alpha value is -2.62. The number of fused-ring (bicyclic) bond motifs is 10. The molecule has 0 saturated carbocycles. The van der Waals surface area contributed by atoms with Gasteiger partial charge in [0, 0.05) is 25.1 Å². The van der Waals surface area contributed by atoms with Crippen LogP contribution in [0.3, 0.4) is 0 Å². The Balaban J connectivity index is 0.000000294. The maximum absolute atomic E-state index is 3.06. The van der Waals surface area contributed by atoms with Gasteiger partial charge in [0.25, 0.3) is 0 Å². The SMILES string of the molecule is Cl.Cl.Cn1c2ccc(C(C)(C)C)cc2c2c3ccccc3[cH-]c21.Cn1c2ccc(C(C)(C)C)cc2c2c3ccccc3[cH-]c21.[CH3-].[CH3-].[Si]=[Zr]. The Kier molecular flexibility index (Phi) is 13.4. The molecule has 6 aromatic carbocycles. The van der Waals surface area contributed by atoms with Gasteiger partial charge in [-0.3, -0.25) is 0 Å². The van der Waals surface area contributed by atoms with Gasteiger partial charge in [0.2, 0.25) is 0 Å². The summed E-state index contributed by atoms with van der Waals surface area (Å²) < 4.78 is 4.63. The van der Waals surface area contributed by atoms with Crippen LogP contribution in [-0.4, -0.2) is 16.0 Å². The number of nitrogens with zero attached hydrogens (tertiary/aromatic N) is 2.